The Morgan fingerprint density at radius 3 is 2.75 bits per heavy atom. The van der Waals surface area contributed by atoms with E-state index in [9.17, 15) is 4.79 Å². The molecule has 0 radical (unpaired) electrons. The molecule has 1 aliphatic carbocycles. The quantitative estimate of drug-likeness (QED) is 0.910. The van der Waals surface area contributed by atoms with E-state index in [1.807, 2.05) is 17.0 Å². The average molecular weight is 272 g/mol. The van der Waals surface area contributed by atoms with Crippen molar-refractivity contribution in [3.8, 4) is 0 Å². The Hall–Kier alpha value is -1.51. The van der Waals surface area contributed by atoms with Gasteiger partial charge in [0.1, 0.15) is 0 Å². The fraction of sp³-hybridized carbons (Fsp3) is 0.588. The fourth-order valence-electron chi connectivity index (χ4n) is 3.04. The summed E-state index contributed by atoms with van der Waals surface area (Å²) >= 11 is 0. The number of para-hydroxylation sites is 2. The molecule has 20 heavy (non-hydrogen) atoms. The number of nitrogens with one attached hydrogen (secondary N) is 1. The van der Waals surface area contributed by atoms with E-state index in [0.29, 0.717) is 23.8 Å². The number of amides is 1. The Morgan fingerprint density at radius 2 is 2.10 bits per heavy atom. The summed E-state index contributed by atoms with van der Waals surface area (Å²) in [5, 5.41) is 3.57. The van der Waals surface area contributed by atoms with Crippen LogP contribution in [0.2, 0.25) is 0 Å². The lowest BCUT2D eigenvalue weighted by molar-refractivity contribution is -0.120. The molecule has 1 unspecified atom stereocenters. The number of carbonyl (C=O) groups is 1. The van der Waals surface area contributed by atoms with Crippen molar-refractivity contribution in [2.75, 3.05) is 16.8 Å². The number of rotatable bonds is 3. The maximum absolute atomic E-state index is 12.6. The molecular formula is C17H24N2O. The monoisotopic (exact) mass is 272 g/mol. The topological polar surface area (TPSA) is 32.3 Å². The molecule has 1 aromatic carbocycles. The third-order valence-corrected chi connectivity index (χ3v) is 4.71. The van der Waals surface area contributed by atoms with Gasteiger partial charge in [-0.05, 0) is 36.8 Å². The maximum Gasteiger partial charge on any atom is 0.227 e. The molecule has 3 heteroatoms. The molecule has 2 aliphatic rings. The summed E-state index contributed by atoms with van der Waals surface area (Å²) in [6, 6.07) is 8.52. The van der Waals surface area contributed by atoms with Crippen LogP contribution >= 0.6 is 0 Å². The maximum atomic E-state index is 12.6. The van der Waals surface area contributed by atoms with Gasteiger partial charge in [0, 0.05) is 19.0 Å². The zero-order valence-electron chi connectivity index (χ0n) is 12.4. The summed E-state index contributed by atoms with van der Waals surface area (Å²) in [7, 11) is 0. The number of anilines is 2. The van der Waals surface area contributed by atoms with E-state index >= 15 is 0 Å². The molecule has 3 rings (SSSR count). The summed E-state index contributed by atoms with van der Waals surface area (Å²) in [6.45, 7) is 5.21. The lowest BCUT2D eigenvalue weighted by Crippen LogP contribution is -2.47. The van der Waals surface area contributed by atoms with Crippen molar-refractivity contribution in [2.45, 2.75) is 45.6 Å². The first-order valence-corrected chi connectivity index (χ1v) is 7.81. The van der Waals surface area contributed by atoms with Crippen LogP contribution in [0.5, 0.6) is 0 Å². The molecule has 1 amide bonds. The Labute approximate surface area is 121 Å². The molecule has 0 aromatic heterocycles. The molecule has 1 saturated carbocycles. The second-order valence-electron chi connectivity index (χ2n) is 6.52. The van der Waals surface area contributed by atoms with E-state index in [0.717, 1.165) is 24.3 Å². The number of hydrogen-bond donors (Lipinski definition) is 1. The lowest BCUT2D eigenvalue weighted by atomic mass is 9.82. The second kappa shape index (κ2) is 5.47. The lowest BCUT2D eigenvalue weighted by Gasteiger charge is -2.38. The minimum Gasteiger partial charge on any atom is -0.379 e. The highest BCUT2D eigenvalue weighted by molar-refractivity contribution is 5.98. The molecule has 0 spiro atoms. The van der Waals surface area contributed by atoms with Crippen molar-refractivity contribution in [3.63, 3.8) is 0 Å². The van der Waals surface area contributed by atoms with Crippen molar-refractivity contribution < 1.29 is 4.79 Å². The van der Waals surface area contributed by atoms with E-state index in [2.05, 4.69) is 31.3 Å². The van der Waals surface area contributed by atoms with Gasteiger partial charge in [-0.25, -0.2) is 0 Å². The number of fused-ring (bicyclic) bond motifs is 1. The Morgan fingerprint density at radius 1 is 1.35 bits per heavy atom. The minimum atomic E-state index is 0.300. The summed E-state index contributed by atoms with van der Waals surface area (Å²) in [5.41, 5.74) is 2.15. The van der Waals surface area contributed by atoms with Gasteiger partial charge in [-0.1, -0.05) is 32.4 Å². The van der Waals surface area contributed by atoms with E-state index in [1.165, 1.54) is 19.3 Å². The summed E-state index contributed by atoms with van der Waals surface area (Å²) < 4.78 is 0. The van der Waals surface area contributed by atoms with Crippen LogP contribution in [-0.2, 0) is 4.79 Å². The van der Waals surface area contributed by atoms with Gasteiger partial charge >= 0.3 is 0 Å². The number of nitrogens with zero attached hydrogens (tertiary/aromatic N) is 1. The zero-order valence-corrected chi connectivity index (χ0v) is 12.4. The van der Waals surface area contributed by atoms with Crippen LogP contribution in [0.1, 0.15) is 39.5 Å². The second-order valence-corrected chi connectivity index (χ2v) is 6.52. The van der Waals surface area contributed by atoms with Gasteiger partial charge in [0.2, 0.25) is 5.91 Å². The van der Waals surface area contributed by atoms with Crippen LogP contribution in [0, 0.1) is 11.8 Å². The first-order valence-electron chi connectivity index (χ1n) is 7.81. The van der Waals surface area contributed by atoms with E-state index < -0.39 is 0 Å². The summed E-state index contributed by atoms with van der Waals surface area (Å²) in [4.78, 5) is 14.6. The van der Waals surface area contributed by atoms with Gasteiger partial charge in [-0.3, -0.25) is 4.79 Å². The minimum absolute atomic E-state index is 0.300. The largest absolute Gasteiger partial charge is 0.379 e. The van der Waals surface area contributed by atoms with Crippen LogP contribution in [0.4, 0.5) is 11.4 Å². The third kappa shape index (κ3) is 2.54. The highest BCUT2D eigenvalue weighted by Crippen LogP contribution is 2.35. The normalized spacial score (nSPS) is 22.1. The van der Waals surface area contributed by atoms with Crippen LogP contribution in [0.25, 0.3) is 0 Å². The first-order chi connectivity index (χ1) is 9.65. The smallest absolute Gasteiger partial charge is 0.227 e. The van der Waals surface area contributed by atoms with Crippen LogP contribution < -0.4 is 10.2 Å². The van der Waals surface area contributed by atoms with Crippen molar-refractivity contribution >= 4 is 17.3 Å². The van der Waals surface area contributed by atoms with Gasteiger partial charge in [-0.2, -0.15) is 0 Å². The SMILES string of the molecule is CC(C)C1CN(C(=O)CC2CCC2)c2ccccc2N1. The Bertz CT molecular complexity index is 494. The number of carbonyl (C=O) groups excluding carboxylic acids is 1. The average Bonchev–Trinajstić information content (AvgIpc) is 2.41. The van der Waals surface area contributed by atoms with Gasteiger partial charge in [-0.15, -0.1) is 0 Å². The molecule has 1 fully saturated rings. The van der Waals surface area contributed by atoms with E-state index in [1.54, 1.807) is 0 Å². The van der Waals surface area contributed by atoms with Crippen molar-refractivity contribution in [3.05, 3.63) is 24.3 Å². The highest BCUT2D eigenvalue weighted by Gasteiger charge is 2.31. The molecule has 1 N–H and O–H groups in total. The van der Waals surface area contributed by atoms with E-state index in [4.69, 9.17) is 0 Å². The molecule has 1 heterocycles. The molecule has 1 aliphatic heterocycles. The molecular weight excluding hydrogens is 248 g/mol. The molecule has 0 saturated heterocycles. The Balaban J connectivity index is 1.82. The predicted molar refractivity (Wildman–Crippen MR) is 83.0 cm³/mol. The highest BCUT2D eigenvalue weighted by atomic mass is 16.2. The fourth-order valence-corrected chi connectivity index (χ4v) is 3.04. The predicted octanol–water partition coefficient (Wildman–Crippen LogP) is 3.66. The molecule has 3 nitrogen and oxygen atoms in total. The first kappa shape index (κ1) is 13.5. The van der Waals surface area contributed by atoms with Crippen LogP contribution in [0.15, 0.2) is 24.3 Å². The molecule has 0 bridgehead atoms. The molecule has 108 valence electrons. The van der Waals surface area contributed by atoms with Gasteiger partial charge < -0.3 is 10.2 Å². The Kier molecular flexibility index (Phi) is 3.68. The molecule has 1 atom stereocenters. The van der Waals surface area contributed by atoms with Crippen molar-refractivity contribution in [2.24, 2.45) is 11.8 Å². The number of hydrogen-bond acceptors (Lipinski definition) is 2. The standard InChI is InChI=1S/C17H24N2O/c1-12(2)15-11-19(17(20)10-13-6-5-7-13)16-9-4-3-8-14(16)18-15/h3-4,8-9,12-13,15,18H,5-7,10-11H2,1-2H3. The van der Waals surface area contributed by atoms with Crippen LogP contribution in [0.3, 0.4) is 0 Å². The summed E-state index contributed by atoms with van der Waals surface area (Å²) in [5.74, 6) is 1.44. The van der Waals surface area contributed by atoms with Gasteiger partial charge in [0.15, 0.2) is 0 Å². The third-order valence-electron chi connectivity index (χ3n) is 4.71. The van der Waals surface area contributed by atoms with E-state index in [-0.39, 0.29) is 0 Å². The van der Waals surface area contributed by atoms with Gasteiger partial charge in [0.05, 0.1) is 11.4 Å². The molecule has 1 aromatic rings. The van der Waals surface area contributed by atoms with Crippen molar-refractivity contribution in [1.29, 1.82) is 0 Å². The zero-order chi connectivity index (χ0) is 14.1. The van der Waals surface area contributed by atoms with Crippen LogP contribution in [-0.4, -0.2) is 18.5 Å². The van der Waals surface area contributed by atoms with Crippen molar-refractivity contribution in [1.82, 2.24) is 0 Å². The number of benzene rings is 1. The summed E-state index contributed by atoms with van der Waals surface area (Å²) in [6.07, 6.45) is 4.48. The van der Waals surface area contributed by atoms with Gasteiger partial charge in [0.25, 0.3) is 0 Å².